The number of Topliss-reactive ketones (excluding diaryl/α,β-unsaturated/α-hetero) is 4. The topological polar surface area (TPSA) is 300 Å². The van der Waals surface area contributed by atoms with Crippen LogP contribution in [0.3, 0.4) is 0 Å². The highest BCUT2D eigenvalue weighted by atomic mass is 16.4. The molecule has 76 heavy (non-hydrogen) atoms. The van der Waals surface area contributed by atoms with E-state index in [9.17, 15) is 48.3 Å². The molecule has 4 amide bonds. The minimum absolute atomic E-state index is 0.00326. The summed E-state index contributed by atoms with van der Waals surface area (Å²) >= 11 is 0. The number of carboxylic acid groups (broad SMARTS) is 1. The van der Waals surface area contributed by atoms with Crippen molar-refractivity contribution in [2.24, 2.45) is 40.9 Å². The van der Waals surface area contributed by atoms with E-state index in [-0.39, 0.29) is 63.6 Å². The predicted molar refractivity (Wildman–Crippen MR) is 300 cm³/mol. The van der Waals surface area contributed by atoms with Gasteiger partial charge in [-0.25, -0.2) is 4.79 Å². The molecule has 0 heterocycles. The summed E-state index contributed by atoms with van der Waals surface area (Å²) in [6.07, 6.45) is 32.5. The molecule has 432 valence electrons. The molecular weight excluding hydrogens is 967 g/mol. The molecule has 0 radical (unpaired) electrons. The lowest BCUT2D eigenvalue weighted by Crippen LogP contribution is -2.48. The van der Waals surface area contributed by atoms with Crippen molar-refractivity contribution in [3.8, 4) is 24.7 Å². The number of ketones is 4. The molecule has 0 spiro atoms. The van der Waals surface area contributed by atoms with Gasteiger partial charge in [0.1, 0.15) is 11.8 Å². The van der Waals surface area contributed by atoms with E-state index in [1.165, 1.54) is 84.5 Å². The molecule has 17 nitrogen and oxygen atoms in total. The van der Waals surface area contributed by atoms with Gasteiger partial charge in [0.05, 0.1) is 24.0 Å². The number of carboxylic acids is 1. The van der Waals surface area contributed by atoms with E-state index in [1.54, 1.807) is 6.92 Å². The van der Waals surface area contributed by atoms with Gasteiger partial charge >= 0.3 is 5.97 Å². The highest BCUT2D eigenvalue weighted by molar-refractivity contribution is 5.97. The molecule has 0 aliphatic rings. The van der Waals surface area contributed by atoms with Crippen molar-refractivity contribution in [2.75, 3.05) is 19.6 Å². The molecule has 0 aromatic rings. The van der Waals surface area contributed by atoms with Gasteiger partial charge in [-0.05, 0) is 84.3 Å². The first-order chi connectivity index (χ1) is 36.4. The van der Waals surface area contributed by atoms with E-state index < -0.39 is 94.8 Å². The SMILES string of the molecule is C#CC[C@H](CC(=O)[C@H](CCCCN)NC(=O)[C@H](C)CC(=O)CCCCCCCCCCCCCCCCC)C(=O)N[C@@H](C)C(=O)C[C@@H](CCCCN)C(=O)N[C@@H](CC#C)C(=O)C[C@@H](C)C(=O)N[C@@H](CCCCN)C(=O)O. The number of unbranched alkanes of at least 4 members (excludes halogenated alkanes) is 17. The Morgan fingerprint density at radius 2 is 0.842 bits per heavy atom. The second kappa shape index (κ2) is 45.1. The molecule has 0 unspecified atom stereocenters. The van der Waals surface area contributed by atoms with Crippen molar-refractivity contribution in [3.05, 3.63) is 0 Å². The Morgan fingerprint density at radius 1 is 0.434 bits per heavy atom. The van der Waals surface area contributed by atoms with Crippen LogP contribution in [0.5, 0.6) is 0 Å². The zero-order chi connectivity index (χ0) is 57.1. The van der Waals surface area contributed by atoms with Crippen LogP contribution in [0.25, 0.3) is 0 Å². The van der Waals surface area contributed by atoms with Gasteiger partial charge in [0.25, 0.3) is 0 Å². The van der Waals surface area contributed by atoms with Crippen molar-refractivity contribution in [2.45, 2.75) is 251 Å². The summed E-state index contributed by atoms with van der Waals surface area (Å²) in [5.74, 6) is -3.94. The number of rotatable bonds is 50. The molecule has 0 fully saturated rings. The molecule has 0 aliphatic heterocycles. The second-order valence-electron chi connectivity index (χ2n) is 21.1. The number of carbonyl (C=O) groups excluding carboxylic acids is 8. The van der Waals surface area contributed by atoms with Gasteiger partial charge in [-0.15, -0.1) is 24.7 Å². The summed E-state index contributed by atoms with van der Waals surface area (Å²) in [7, 11) is 0. The summed E-state index contributed by atoms with van der Waals surface area (Å²) < 4.78 is 0. The first-order valence-corrected chi connectivity index (χ1v) is 28.9. The summed E-state index contributed by atoms with van der Waals surface area (Å²) in [4.78, 5) is 119. The van der Waals surface area contributed by atoms with Crippen LogP contribution in [0, 0.1) is 48.4 Å². The second-order valence-corrected chi connectivity index (χ2v) is 21.1. The van der Waals surface area contributed by atoms with Crippen molar-refractivity contribution < 1.29 is 48.3 Å². The Hall–Kier alpha value is -4.97. The third-order valence-corrected chi connectivity index (χ3v) is 14.1. The lowest BCUT2D eigenvalue weighted by Gasteiger charge is -2.24. The summed E-state index contributed by atoms with van der Waals surface area (Å²) in [5, 5.41) is 20.2. The minimum atomic E-state index is -1.22. The molecule has 0 aromatic heterocycles. The average molecular weight is 1070 g/mol. The average Bonchev–Trinajstić information content (AvgIpc) is 3.38. The van der Waals surface area contributed by atoms with Crippen molar-refractivity contribution in [1.82, 2.24) is 21.3 Å². The van der Waals surface area contributed by atoms with Gasteiger partial charge in [0.15, 0.2) is 17.3 Å². The van der Waals surface area contributed by atoms with Gasteiger partial charge < -0.3 is 43.6 Å². The number of hydrogen-bond acceptors (Lipinski definition) is 12. The number of nitrogens with two attached hydrogens (primary N) is 3. The van der Waals surface area contributed by atoms with E-state index in [0.29, 0.717) is 64.6 Å². The molecule has 0 rings (SSSR count). The van der Waals surface area contributed by atoms with Crippen molar-refractivity contribution in [3.63, 3.8) is 0 Å². The largest absolute Gasteiger partial charge is 0.480 e. The van der Waals surface area contributed by atoms with Crippen LogP contribution in [-0.2, 0) is 43.2 Å². The zero-order valence-corrected chi connectivity index (χ0v) is 47.2. The summed E-state index contributed by atoms with van der Waals surface area (Å²) in [6, 6.07) is -4.45. The highest BCUT2D eigenvalue weighted by Gasteiger charge is 2.33. The number of amides is 4. The third-order valence-electron chi connectivity index (χ3n) is 14.1. The normalized spacial score (nSPS) is 14.3. The van der Waals surface area contributed by atoms with Crippen LogP contribution < -0.4 is 38.5 Å². The quantitative estimate of drug-likeness (QED) is 0.0224. The minimum Gasteiger partial charge on any atom is -0.480 e. The zero-order valence-electron chi connectivity index (χ0n) is 47.2. The van der Waals surface area contributed by atoms with Crippen LogP contribution in [0.4, 0.5) is 0 Å². The van der Waals surface area contributed by atoms with Gasteiger partial charge in [-0.3, -0.25) is 38.4 Å². The molecule has 11 N–H and O–H groups in total. The fourth-order valence-corrected chi connectivity index (χ4v) is 9.08. The number of terminal acetylenes is 2. The van der Waals surface area contributed by atoms with Crippen LogP contribution in [0.15, 0.2) is 0 Å². The van der Waals surface area contributed by atoms with Crippen LogP contribution in [-0.4, -0.2) is 102 Å². The van der Waals surface area contributed by atoms with Crippen LogP contribution in [0.1, 0.15) is 227 Å². The predicted octanol–water partition coefficient (Wildman–Crippen LogP) is 7.07. The van der Waals surface area contributed by atoms with Gasteiger partial charge in [-0.2, -0.15) is 0 Å². The first kappa shape index (κ1) is 71.0. The Kier molecular flexibility index (Phi) is 42.1. The van der Waals surface area contributed by atoms with Crippen LogP contribution >= 0.6 is 0 Å². The molecular formula is C59H101N7O10. The number of aliphatic carboxylic acids is 1. The van der Waals surface area contributed by atoms with E-state index in [0.717, 1.165) is 25.7 Å². The number of carbonyl (C=O) groups is 9. The maximum absolute atomic E-state index is 13.9. The maximum atomic E-state index is 13.9. The smallest absolute Gasteiger partial charge is 0.326 e. The van der Waals surface area contributed by atoms with E-state index in [2.05, 4.69) is 40.0 Å². The van der Waals surface area contributed by atoms with Crippen molar-refractivity contribution >= 4 is 52.7 Å². The molecule has 0 saturated heterocycles. The molecule has 17 heteroatoms. The van der Waals surface area contributed by atoms with E-state index in [4.69, 9.17) is 30.0 Å². The van der Waals surface area contributed by atoms with Crippen molar-refractivity contribution in [1.29, 1.82) is 0 Å². The Labute approximate surface area is 456 Å². The van der Waals surface area contributed by atoms with Crippen LogP contribution in [0.2, 0.25) is 0 Å². The number of nitrogens with one attached hydrogen (secondary N) is 4. The molecule has 0 aliphatic carbocycles. The van der Waals surface area contributed by atoms with E-state index >= 15 is 0 Å². The Balaban J connectivity index is 5.51. The molecule has 0 bridgehead atoms. The first-order valence-electron chi connectivity index (χ1n) is 28.9. The fraction of sp³-hybridized carbons (Fsp3) is 0.780. The number of hydrogen-bond donors (Lipinski definition) is 8. The van der Waals surface area contributed by atoms with Gasteiger partial charge in [-0.1, -0.05) is 117 Å². The standard InChI is InChI=1S/C59H101N7O10/c1-7-10-11-12-13-14-15-16-17-18-19-20-21-22-23-33-48(67)39-43(4)55(71)64-50(34-25-28-37-61)54(70)42-46(30-8-2)57(73)63-45(6)52(68)41-47(32-24-27-36-60)58(74)65-49(31-9-3)53(69)40-44(5)56(72)66-51(59(75)76)35-26-29-38-62/h2-3,43-47,49-51H,7,10-42,60-62H2,1,4-6H3,(H,63,73)(H,64,71)(H,65,74)(H,66,72)(H,75,76)/t43-,44-,45+,46-,47-,49+,50+,51+/m1/s1. The Bertz CT molecular complexity index is 1810. The fourth-order valence-electron chi connectivity index (χ4n) is 9.08. The molecule has 0 aromatic carbocycles. The third kappa shape index (κ3) is 33.9. The monoisotopic (exact) mass is 1070 g/mol. The van der Waals surface area contributed by atoms with E-state index in [1.807, 2.05) is 0 Å². The van der Waals surface area contributed by atoms with Gasteiger partial charge in [0.2, 0.25) is 23.6 Å². The highest BCUT2D eigenvalue weighted by Crippen LogP contribution is 2.20. The molecule has 0 saturated carbocycles. The lowest BCUT2D eigenvalue weighted by molar-refractivity contribution is -0.143. The summed E-state index contributed by atoms with van der Waals surface area (Å²) in [6.45, 7) is 7.89. The lowest BCUT2D eigenvalue weighted by atomic mass is 9.90. The molecule has 8 atom stereocenters. The summed E-state index contributed by atoms with van der Waals surface area (Å²) in [5.41, 5.74) is 17.0. The Morgan fingerprint density at radius 3 is 1.33 bits per heavy atom. The van der Waals surface area contributed by atoms with Gasteiger partial charge in [0, 0.05) is 62.7 Å². The maximum Gasteiger partial charge on any atom is 0.326 e.